The van der Waals surface area contributed by atoms with E-state index in [9.17, 15) is 14.4 Å². The second-order valence-corrected chi connectivity index (χ2v) is 5.28. The quantitative estimate of drug-likeness (QED) is 0.460. The highest BCUT2D eigenvalue weighted by Crippen LogP contribution is 2.24. The summed E-state index contributed by atoms with van der Waals surface area (Å²) >= 11 is 0. The van der Waals surface area contributed by atoms with Gasteiger partial charge in [-0.05, 0) is 31.8 Å². The number of benzene rings is 1. The van der Waals surface area contributed by atoms with Crippen LogP contribution in [-0.2, 0) is 14.3 Å². The number of rotatable bonds is 6. The van der Waals surface area contributed by atoms with E-state index in [2.05, 4.69) is 0 Å². The van der Waals surface area contributed by atoms with Gasteiger partial charge in [-0.1, -0.05) is 36.4 Å². The summed E-state index contributed by atoms with van der Waals surface area (Å²) in [5.41, 5.74) is 1.04. The Labute approximate surface area is 130 Å². The number of hydrogen-bond donors (Lipinski definition) is 0. The minimum atomic E-state index is -0.948. The van der Waals surface area contributed by atoms with E-state index in [1.807, 2.05) is 12.1 Å². The lowest BCUT2D eigenvalue weighted by atomic mass is 9.86. The monoisotopic (exact) mass is 300 g/mol. The molecule has 1 aromatic rings. The van der Waals surface area contributed by atoms with Gasteiger partial charge in [0.05, 0.1) is 6.61 Å². The fourth-order valence-electron chi connectivity index (χ4n) is 2.56. The molecule has 0 bridgehead atoms. The van der Waals surface area contributed by atoms with E-state index in [0.717, 1.165) is 12.8 Å². The zero-order valence-electron chi connectivity index (χ0n) is 12.7. The van der Waals surface area contributed by atoms with Crippen molar-refractivity contribution in [3.05, 3.63) is 47.5 Å². The summed E-state index contributed by atoms with van der Waals surface area (Å²) in [5.74, 6) is -1.77. The Morgan fingerprint density at radius 3 is 2.59 bits per heavy atom. The molecule has 4 heteroatoms. The molecule has 1 atom stereocenters. The summed E-state index contributed by atoms with van der Waals surface area (Å²) in [6.45, 7) is 1.91. The van der Waals surface area contributed by atoms with Gasteiger partial charge in [-0.25, -0.2) is 0 Å². The van der Waals surface area contributed by atoms with Crippen LogP contribution in [0.15, 0.2) is 42.0 Å². The van der Waals surface area contributed by atoms with E-state index in [1.165, 1.54) is 0 Å². The van der Waals surface area contributed by atoms with Gasteiger partial charge in [0, 0.05) is 12.0 Å². The van der Waals surface area contributed by atoms with Gasteiger partial charge in [-0.3, -0.25) is 14.4 Å². The molecule has 0 spiro atoms. The molecule has 2 rings (SSSR count). The summed E-state index contributed by atoms with van der Waals surface area (Å²) in [4.78, 5) is 36.7. The van der Waals surface area contributed by atoms with Gasteiger partial charge in [-0.15, -0.1) is 0 Å². The highest BCUT2D eigenvalue weighted by atomic mass is 16.5. The highest BCUT2D eigenvalue weighted by Gasteiger charge is 2.31. The van der Waals surface area contributed by atoms with Gasteiger partial charge in [0.15, 0.2) is 11.6 Å². The van der Waals surface area contributed by atoms with Crippen LogP contribution in [0.3, 0.4) is 0 Å². The third-order valence-electron chi connectivity index (χ3n) is 3.73. The number of esters is 1. The van der Waals surface area contributed by atoms with Gasteiger partial charge < -0.3 is 4.74 Å². The third-order valence-corrected chi connectivity index (χ3v) is 3.73. The summed E-state index contributed by atoms with van der Waals surface area (Å²) in [5, 5.41) is 0. The number of ether oxygens (including phenoxy) is 1. The molecular weight excluding hydrogens is 280 g/mol. The maximum Gasteiger partial charge on any atom is 0.317 e. The van der Waals surface area contributed by atoms with Crippen molar-refractivity contribution in [2.75, 3.05) is 6.61 Å². The molecular formula is C18H20O4. The first kappa shape index (κ1) is 16.1. The molecule has 0 heterocycles. The number of Topliss-reactive ketones (excluding diaryl/α,β-unsaturated/α-hetero) is 2. The summed E-state index contributed by atoms with van der Waals surface area (Å²) in [6, 6.07) is 8.65. The summed E-state index contributed by atoms with van der Waals surface area (Å²) in [6.07, 6.45) is 4.11. The second kappa shape index (κ2) is 7.69. The number of carbonyl (C=O) groups is 3. The molecule has 0 N–H and O–H groups in total. The smallest absolute Gasteiger partial charge is 0.317 e. The minimum Gasteiger partial charge on any atom is -0.465 e. The first-order valence-corrected chi connectivity index (χ1v) is 7.61. The first-order valence-electron chi connectivity index (χ1n) is 7.61. The van der Waals surface area contributed by atoms with Gasteiger partial charge in [-0.2, -0.15) is 0 Å². The minimum absolute atomic E-state index is 0.0291. The van der Waals surface area contributed by atoms with Crippen LogP contribution in [0.2, 0.25) is 0 Å². The van der Waals surface area contributed by atoms with Crippen LogP contribution in [0.4, 0.5) is 0 Å². The third kappa shape index (κ3) is 3.91. The van der Waals surface area contributed by atoms with Crippen molar-refractivity contribution in [2.45, 2.75) is 32.6 Å². The summed E-state index contributed by atoms with van der Waals surface area (Å²) < 4.78 is 5.03. The van der Waals surface area contributed by atoms with Gasteiger partial charge >= 0.3 is 5.97 Å². The Morgan fingerprint density at radius 1 is 1.23 bits per heavy atom. The number of hydrogen-bond acceptors (Lipinski definition) is 4. The van der Waals surface area contributed by atoms with Crippen molar-refractivity contribution in [3.8, 4) is 0 Å². The van der Waals surface area contributed by atoms with E-state index in [4.69, 9.17) is 4.74 Å². The van der Waals surface area contributed by atoms with E-state index >= 15 is 0 Å². The number of allylic oxidation sites excluding steroid dienone is 2. The van der Waals surface area contributed by atoms with E-state index in [-0.39, 0.29) is 24.6 Å². The largest absolute Gasteiger partial charge is 0.465 e. The zero-order chi connectivity index (χ0) is 15.9. The molecule has 22 heavy (non-hydrogen) atoms. The lowest BCUT2D eigenvalue weighted by Crippen LogP contribution is -2.28. The molecule has 0 saturated heterocycles. The van der Waals surface area contributed by atoms with Crippen molar-refractivity contribution in [1.82, 2.24) is 0 Å². The lowest BCUT2D eigenvalue weighted by Gasteiger charge is -2.18. The van der Waals surface area contributed by atoms with Gasteiger partial charge in [0.25, 0.3) is 0 Å². The van der Waals surface area contributed by atoms with Crippen LogP contribution in [0.5, 0.6) is 0 Å². The molecule has 0 aliphatic heterocycles. The lowest BCUT2D eigenvalue weighted by molar-refractivity contribution is -0.146. The van der Waals surface area contributed by atoms with E-state index in [1.54, 1.807) is 31.2 Å². The average molecular weight is 300 g/mol. The van der Waals surface area contributed by atoms with Crippen molar-refractivity contribution in [2.24, 2.45) is 5.92 Å². The standard InChI is InChI=1S/C18H20O4/c1-2-22-18(21)15(12-14-10-6-7-11-16(14)19)17(20)13-8-4-3-5-9-13/h3-5,8-10,15H,2,6-7,11-12H2,1H3. The SMILES string of the molecule is CCOC(=O)C(CC1=CCCCC1=O)C(=O)c1ccccc1. The van der Waals surface area contributed by atoms with E-state index in [0.29, 0.717) is 17.6 Å². The zero-order valence-corrected chi connectivity index (χ0v) is 12.7. The van der Waals surface area contributed by atoms with Crippen molar-refractivity contribution < 1.29 is 19.1 Å². The van der Waals surface area contributed by atoms with Gasteiger partial charge in [0.2, 0.25) is 0 Å². The second-order valence-electron chi connectivity index (χ2n) is 5.28. The molecule has 0 saturated carbocycles. The van der Waals surface area contributed by atoms with Crippen LogP contribution >= 0.6 is 0 Å². The molecule has 0 radical (unpaired) electrons. The molecule has 1 aromatic carbocycles. The maximum absolute atomic E-state index is 12.6. The van der Waals surface area contributed by atoms with Crippen LogP contribution < -0.4 is 0 Å². The molecule has 0 amide bonds. The Morgan fingerprint density at radius 2 is 1.95 bits per heavy atom. The van der Waals surface area contributed by atoms with Crippen LogP contribution in [-0.4, -0.2) is 24.1 Å². The molecule has 1 aliphatic rings. The number of carbonyl (C=O) groups excluding carboxylic acids is 3. The fourth-order valence-corrected chi connectivity index (χ4v) is 2.56. The van der Waals surface area contributed by atoms with Crippen molar-refractivity contribution >= 4 is 17.5 Å². The van der Waals surface area contributed by atoms with Crippen molar-refractivity contribution in [1.29, 1.82) is 0 Å². The van der Waals surface area contributed by atoms with Crippen LogP contribution in [0, 0.1) is 5.92 Å². The molecule has 1 aliphatic carbocycles. The highest BCUT2D eigenvalue weighted by molar-refractivity contribution is 6.10. The normalized spacial score (nSPS) is 15.9. The van der Waals surface area contributed by atoms with Crippen molar-refractivity contribution in [3.63, 3.8) is 0 Å². The first-order chi connectivity index (χ1) is 10.6. The Balaban J connectivity index is 2.23. The number of ketones is 2. The fraction of sp³-hybridized carbons (Fsp3) is 0.389. The maximum atomic E-state index is 12.6. The molecule has 0 aromatic heterocycles. The molecule has 0 fully saturated rings. The topological polar surface area (TPSA) is 60.4 Å². The van der Waals surface area contributed by atoms with Gasteiger partial charge in [0.1, 0.15) is 5.92 Å². The Kier molecular flexibility index (Phi) is 5.64. The molecule has 116 valence electrons. The summed E-state index contributed by atoms with van der Waals surface area (Å²) in [7, 11) is 0. The van der Waals surface area contributed by atoms with Crippen LogP contribution in [0.1, 0.15) is 43.0 Å². The molecule has 1 unspecified atom stereocenters. The predicted molar refractivity (Wildman–Crippen MR) is 82.5 cm³/mol. The Hall–Kier alpha value is -2.23. The Bertz CT molecular complexity index is 586. The predicted octanol–water partition coefficient (Wildman–Crippen LogP) is 3.12. The average Bonchev–Trinajstić information content (AvgIpc) is 2.54. The van der Waals surface area contributed by atoms with Crippen LogP contribution in [0.25, 0.3) is 0 Å². The molecule has 4 nitrogen and oxygen atoms in total. The van der Waals surface area contributed by atoms with E-state index < -0.39 is 11.9 Å².